The Kier molecular flexibility index (Phi) is 6.63. The lowest BCUT2D eigenvalue weighted by atomic mass is 9.31. The molecule has 0 atom stereocenters. The van der Waals surface area contributed by atoms with Crippen LogP contribution in [-0.4, -0.2) is 21.5 Å². The molecule has 12 rings (SSSR count). The summed E-state index contributed by atoms with van der Waals surface area (Å²) >= 11 is 0. The molecule has 0 N–H and O–H groups in total. The maximum Gasteiger partial charge on any atom is 0.241 e. The molecule has 4 heterocycles. The summed E-state index contributed by atoms with van der Waals surface area (Å²) in [4.78, 5) is 2.33. The van der Waals surface area contributed by atoms with Gasteiger partial charge in [0.25, 0.3) is 0 Å². The van der Waals surface area contributed by atoms with Gasteiger partial charge in [0.2, 0.25) is 13.4 Å². The van der Waals surface area contributed by atoms with E-state index in [1.54, 1.807) is 10.6 Å². The highest BCUT2D eigenvalue weighted by atomic mass is 28.3. The van der Waals surface area contributed by atoms with Gasteiger partial charge in [-0.25, -0.2) is 0 Å². The quantitative estimate of drug-likeness (QED) is 0.234. The molecule has 0 bridgehead atoms. The largest absolute Gasteiger partial charge is 0.453 e. The second-order valence-corrected chi connectivity index (χ2v) is 20.0. The highest BCUT2D eigenvalue weighted by Crippen LogP contribution is 2.49. The molecule has 4 aliphatic heterocycles. The lowest BCUT2D eigenvalue weighted by Crippen LogP contribution is -2.93. The second-order valence-electron chi connectivity index (χ2n) is 16.3. The van der Waals surface area contributed by atoms with Gasteiger partial charge in [0.15, 0.2) is 19.6 Å². The minimum absolute atomic E-state index is 0.0976. The number of para-hydroxylation sites is 4. The Morgan fingerprint density at radius 1 is 0.429 bits per heavy atom. The van der Waals surface area contributed by atoms with Crippen molar-refractivity contribution in [3.8, 4) is 11.5 Å². The van der Waals surface area contributed by atoms with E-state index in [1.165, 1.54) is 54.0 Å². The van der Waals surface area contributed by atoms with Crippen molar-refractivity contribution in [1.82, 2.24) is 0 Å². The van der Waals surface area contributed by atoms with Crippen LogP contribution in [0.25, 0.3) is 0 Å². The topological polar surface area (TPSA) is 12.5 Å². The van der Waals surface area contributed by atoms with Crippen LogP contribution in [0.1, 0.15) is 25.0 Å². The molecule has 8 aromatic carbocycles. The molecule has 8 aromatic rings. The molecule has 262 valence electrons. The van der Waals surface area contributed by atoms with Gasteiger partial charge in [0.1, 0.15) is 0 Å². The zero-order valence-corrected chi connectivity index (χ0v) is 32.4. The first kappa shape index (κ1) is 32.0. The summed E-state index contributed by atoms with van der Waals surface area (Å²) in [6.45, 7) is 5.17. The smallest absolute Gasteiger partial charge is 0.241 e. The number of hydrogen-bond acceptors (Lipinski definition) is 2. The molecular formula is C51H37B2NOSi. The Balaban J connectivity index is 1.08. The Labute approximate surface area is 330 Å². The van der Waals surface area contributed by atoms with Crippen LogP contribution in [0.3, 0.4) is 0 Å². The van der Waals surface area contributed by atoms with Crippen LogP contribution in [0.4, 0.5) is 17.1 Å². The highest BCUT2D eigenvalue weighted by Gasteiger charge is 2.57. The lowest BCUT2D eigenvalue weighted by molar-refractivity contribution is 0.477. The average Bonchev–Trinajstić information content (AvgIpc) is 3.25. The van der Waals surface area contributed by atoms with E-state index < -0.39 is 8.07 Å². The van der Waals surface area contributed by atoms with Crippen molar-refractivity contribution in [2.45, 2.75) is 19.3 Å². The zero-order chi connectivity index (χ0) is 37.2. The van der Waals surface area contributed by atoms with E-state index in [0.717, 1.165) is 28.6 Å². The third-order valence-electron chi connectivity index (χ3n) is 13.4. The first-order chi connectivity index (χ1) is 27.6. The maximum absolute atomic E-state index is 6.35. The van der Waals surface area contributed by atoms with Gasteiger partial charge in [-0.2, -0.15) is 0 Å². The van der Waals surface area contributed by atoms with Crippen LogP contribution in [-0.2, 0) is 5.41 Å². The summed E-state index contributed by atoms with van der Waals surface area (Å²) in [6.07, 6.45) is 0. The maximum atomic E-state index is 6.35. The van der Waals surface area contributed by atoms with Crippen molar-refractivity contribution in [3.05, 3.63) is 199 Å². The van der Waals surface area contributed by atoms with E-state index in [0.29, 0.717) is 0 Å². The molecule has 0 amide bonds. The van der Waals surface area contributed by atoms with Gasteiger partial charge in [0.05, 0.1) is 11.4 Å². The predicted molar refractivity (Wildman–Crippen MR) is 239 cm³/mol. The molecule has 0 saturated carbocycles. The monoisotopic (exact) mass is 729 g/mol. The molecular weight excluding hydrogens is 692 g/mol. The number of hydrogen-bond donors (Lipinski definition) is 0. The van der Waals surface area contributed by atoms with E-state index in [1.807, 2.05) is 12.1 Å². The van der Waals surface area contributed by atoms with Crippen LogP contribution >= 0.6 is 0 Å². The lowest BCUT2D eigenvalue weighted by Gasteiger charge is -2.51. The first-order valence-corrected chi connectivity index (χ1v) is 21.8. The van der Waals surface area contributed by atoms with Gasteiger partial charge in [0, 0.05) is 11.1 Å². The van der Waals surface area contributed by atoms with E-state index >= 15 is 0 Å². The van der Waals surface area contributed by atoms with Crippen molar-refractivity contribution >= 4 is 92.1 Å². The van der Waals surface area contributed by atoms with Gasteiger partial charge in [-0.1, -0.05) is 198 Å². The Bertz CT molecular complexity index is 2830. The SMILES string of the molecule is CC1(C)c2ccccc2B2c3ccccc3[Si]3(c4ccccc4B(c4ccc(N5c6ccccc6Oc6ccccc65)cc4)c4ccccc43)c3cccc1c32. The molecule has 0 aromatic heterocycles. The number of fused-ring (bicyclic) bond motifs is 12. The zero-order valence-electron chi connectivity index (χ0n) is 31.4. The predicted octanol–water partition coefficient (Wildman–Crippen LogP) is 4.94. The van der Waals surface area contributed by atoms with Gasteiger partial charge in [-0.05, 0) is 68.3 Å². The van der Waals surface area contributed by atoms with E-state index in [9.17, 15) is 0 Å². The molecule has 4 aliphatic rings. The van der Waals surface area contributed by atoms with Crippen molar-refractivity contribution in [2.75, 3.05) is 4.90 Å². The van der Waals surface area contributed by atoms with Gasteiger partial charge >= 0.3 is 0 Å². The summed E-state index contributed by atoms with van der Waals surface area (Å²) in [7, 11) is -2.81. The van der Waals surface area contributed by atoms with Gasteiger partial charge in [-0.15, -0.1) is 0 Å². The fourth-order valence-corrected chi connectivity index (χ4v) is 16.9. The van der Waals surface area contributed by atoms with E-state index in [4.69, 9.17) is 4.74 Å². The number of anilines is 3. The fraction of sp³-hybridized carbons (Fsp3) is 0.0588. The Morgan fingerprint density at radius 2 is 0.893 bits per heavy atom. The van der Waals surface area contributed by atoms with Crippen molar-refractivity contribution < 1.29 is 4.74 Å². The minimum Gasteiger partial charge on any atom is -0.453 e. The fourth-order valence-electron chi connectivity index (χ4n) is 11.2. The third-order valence-corrected chi connectivity index (χ3v) is 18.4. The molecule has 1 spiro atoms. The Hall–Kier alpha value is -6.29. The van der Waals surface area contributed by atoms with Crippen LogP contribution in [0.5, 0.6) is 11.5 Å². The highest BCUT2D eigenvalue weighted by molar-refractivity contribution is 7.30. The number of nitrogens with zero attached hydrogens (tertiary/aromatic N) is 1. The van der Waals surface area contributed by atoms with E-state index in [2.05, 4.69) is 195 Å². The van der Waals surface area contributed by atoms with Crippen LogP contribution in [0.2, 0.25) is 0 Å². The molecule has 0 aliphatic carbocycles. The molecule has 56 heavy (non-hydrogen) atoms. The van der Waals surface area contributed by atoms with Crippen molar-refractivity contribution in [2.24, 2.45) is 0 Å². The average molecular weight is 730 g/mol. The summed E-state index contributed by atoms with van der Waals surface area (Å²) in [6, 6.07) is 70.9. The van der Waals surface area contributed by atoms with Crippen molar-refractivity contribution in [1.29, 1.82) is 0 Å². The number of ether oxygens (including phenoxy) is 1. The molecule has 0 saturated heterocycles. The molecule has 5 heteroatoms. The van der Waals surface area contributed by atoms with Crippen LogP contribution in [0.15, 0.2) is 188 Å². The van der Waals surface area contributed by atoms with Crippen LogP contribution < -0.4 is 63.2 Å². The van der Waals surface area contributed by atoms with Gasteiger partial charge in [-0.3, -0.25) is 0 Å². The normalized spacial score (nSPS) is 15.6. The van der Waals surface area contributed by atoms with Gasteiger partial charge < -0.3 is 9.64 Å². The molecule has 0 unspecified atom stereocenters. The molecule has 0 radical (unpaired) electrons. The molecule has 2 nitrogen and oxygen atoms in total. The van der Waals surface area contributed by atoms with Crippen LogP contribution in [0, 0.1) is 0 Å². The summed E-state index contributed by atoms with van der Waals surface area (Å²) in [5, 5.41) is 6.11. The minimum atomic E-state index is -2.81. The van der Waals surface area contributed by atoms with E-state index in [-0.39, 0.29) is 18.8 Å². The second kappa shape index (κ2) is 11.6. The molecule has 0 fully saturated rings. The number of rotatable bonds is 2. The third kappa shape index (κ3) is 4.08. The summed E-state index contributed by atoms with van der Waals surface area (Å²) < 4.78 is 6.35. The number of benzene rings is 8. The van der Waals surface area contributed by atoms with Crippen molar-refractivity contribution in [3.63, 3.8) is 0 Å². The summed E-state index contributed by atoms with van der Waals surface area (Å²) in [5.41, 5.74) is 14.6. The Morgan fingerprint density at radius 3 is 1.50 bits per heavy atom. The standard InChI is InChI=1S/C51H37B2NOSi/c1-51(2)36-16-3-4-18-38(36)53-41-21-7-14-28-48(41)56(49-29-15-17-37(51)50(49)53)46-26-12-5-19-39(46)52(40-20-6-13-27-47(40)56)34-30-32-35(33-31-34)54-42-22-8-10-24-44(42)55-45-25-11-9-23-43(45)54/h3-33H,1-2H3. The summed E-state index contributed by atoms with van der Waals surface area (Å²) in [5.74, 6) is 1.73. The first-order valence-electron chi connectivity index (χ1n) is 19.8.